The molecule has 9 nitrogen and oxygen atoms in total. The highest BCUT2D eigenvalue weighted by atomic mass is 31.2. The van der Waals surface area contributed by atoms with Crippen LogP contribution in [0.15, 0.2) is 0 Å². The molecule has 0 unspecified atom stereocenters. The molecule has 0 aliphatic heterocycles. The third kappa shape index (κ3) is 2.77. The summed E-state index contributed by atoms with van der Waals surface area (Å²) < 4.78 is 14.5. The number of hydrogen-bond acceptors (Lipinski definition) is 7. The zero-order chi connectivity index (χ0) is 12.7. The zero-order valence-corrected chi connectivity index (χ0v) is 8.75. The van der Waals surface area contributed by atoms with E-state index in [0.29, 0.717) is 0 Å². The number of rotatable bonds is 2. The maximum atomic E-state index is 10.5. The van der Waals surface area contributed by atoms with Crippen LogP contribution in [0.3, 0.4) is 0 Å². The van der Waals surface area contributed by atoms with E-state index in [4.69, 9.17) is 14.9 Å². The summed E-state index contributed by atoms with van der Waals surface area (Å²) in [5.41, 5.74) is 0. The summed E-state index contributed by atoms with van der Waals surface area (Å²) >= 11 is 0. The average Bonchev–Trinajstić information content (AvgIpc) is 2.17. The van der Waals surface area contributed by atoms with Crippen molar-refractivity contribution in [3.8, 4) is 0 Å². The second kappa shape index (κ2) is 4.65. The van der Waals surface area contributed by atoms with E-state index in [1.807, 2.05) is 0 Å². The SMILES string of the molecule is O=P(O)(O)O[C@@H]1[C@@H](O)[C@H](O)[C@H](O)[C@H](O)[C@@H]1O. The van der Waals surface area contributed by atoms with Crippen molar-refractivity contribution in [2.24, 2.45) is 0 Å². The van der Waals surface area contributed by atoms with Gasteiger partial charge in [-0.2, -0.15) is 0 Å². The minimum absolute atomic E-state index is 1.83. The van der Waals surface area contributed by atoms with Crippen LogP contribution >= 0.6 is 7.82 Å². The molecule has 0 amide bonds. The molecule has 0 bridgehead atoms. The van der Waals surface area contributed by atoms with Gasteiger partial charge in [-0.25, -0.2) is 4.57 Å². The van der Waals surface area contributed by atoms with Crippen LogP contribution in [-0.2, 0) is 9.09 Å². The van der Waals surface area contributed by atoms with Gasteiger partial charge in [-0.15, -0.1) is 0 Å². The molecule has 1 aliphatic rings. The van der Waals surface area contributed by atoms with Crippen LogP contribution in [-0.4, -0.2) is 71.9 Å². The summed E-state index contributed by atoms with van der Waals surface area (Å²) in [5, 5.41) is 46.1. The van der Waals surface area contributed by atoms with E-state index < -0.39 is 44.4 Å². The van der Waals surface area contributed by atoms with Crippen molar-refractivity contribution in [1.29, 1.82) is 0 Å². The van der Waals surface area contributed by atoms with E-state index in [1.165, 1.54) is 0 Å². The molecule has 7 N–H and O–H groups in total. The van der Waals surface area contributed by atoms with Gasteiger partial charge < -0.3 is 35.3 Å². The van der Waals surface area contributed by atoms with Crippen molar-refractivity contribution < 1.29 is 44.4 Å². The van der Waals surface area contributed by atoms with Crippen LogP contribution in [0, 0.1) is 0 Å². The lowest BCUT2D eigenvalue weighted by molar-refractivity contribution is -0.219. The van der Waals surface area contributed by atoms with Crippen LogP contribution in [0.5, 0.6) is 0 Å². The molecule has 1 rings (SSSR count). The molecule has 1 saturated carbocycles. The fraction of sp³-hybridized carbons (Fsp3) is 1.00. The molecule has 1 fully saturated rings. The van der Waals surface area contributed by atoms with Gasteiger partial charge in [0.1, 0.15) is 36.6 Å². The van der Waals surface area contributed by atoms with E-state index >= 15 is 0 Å². The predicted octanol–water partition coefficient (Wildman–Crippen LogP) is -3.72. The molecule has 16 heavy (non-hydrogen) atoms. The molecule has 0 aromatic heterocycles. The van der Waals surface area contributed by atoms with Crippen molar-refractivity contribution in [3.05, 3.63) is 0 Å². The highest BCUT2D eigenvalue weighted by molar-refractivity contribution is 7.46. The first-order valence-electron chi connectivity index (χ1n) is 4.29. The summed E-state index contributed by atoms with van der Waals surface area (Å²) in [5.74, 6) is 0. The van der Waals surface area contributed by atoms with Gasteiger partial charge in [0.05, 0.1) is 0 Å². The van der Waals surface area contributed by atoms with Gasteiger partial charge in [0.2, 0.25) is 0 Å². The minimum atomic E-state index is -5.01. The topological polar surface area (TPSA) is 168 Å². The van der Waals surface area contributed by atoms with Gasteiger partial charge in [-0.05, 0) is 0 Å². The normalized spacial score (nSPS) is 45.7. The fourth-order valence-corrected chi connectivity index (χ4v) is 2.05. The standard InChI is InChI=1S/C6H13O9P/c7-1-2(8)4(10)6(5(11)3(1)9)15-16(12,13)14/h1-11H,(H2,12,13,14)/t1-,2+,3-,4-,5-,6+/m0/s1. The molecular weight excluding hydrogens is 247 g/mol. The molecule has 0 heterocycles. The Labute approximate surface area is 89.8 Å². The van der Waals surface area contributed by atoms with Gasteiger partial charge >= 0.3 is 7.82 Å². The number of hydrogen-bond donors (Lipinski definition) is 7. The molecule has 0 radical (unpaired) electrons. The quantitative estimate of drug-likeness (QED) is 0.247. The van der Waals surface area contributed by atoms with E-state index in [-0.39, 0.29) is 0 Å². The molecule has 1 aliphatic carbocycles. The minimum Gasteiger partial charge on any atom is -0.387 e. The molecule has 10 heteroatoms. The lowest BCUT2D eigenvalue weighted by atomic mass is 9.85. The van der Waals surface area contributed by atoms with Crippen LogP contribution in [0.4, 0.5) is 0 Å². The molecule has 0 spiro atoms. The highest BCUT2D eigenvalue weighted by Crippen LogP contribution is 2.41. The molecule has 96 valence electrons. The Morgan fingerprint density at radius 1 is 0.750 bits per heavy atom. The second-order valence-corrected chi connectivity index (χ2v) is 4.71. The van der Waals surface area contributed by atoms with E-state index in [0.717, 1.165) is 0 Å². The Morgan fingerprint density at radius 2 is 1.06 bits per heavy atom. The van der Waals surface area contributed by atoms with Gasteiger partial charge in [0.15, 0.2) is 0 Å². The zero-order valence-electron chi connectivity index (χ0n) is 7.86. The van der Waals surface area contributed by atoms with E-state index in [1.54, 1.807) is 0 Å². The van der Waals surface area contributed by atoms with Crippen LogP contribution in [0.1, 0.15) is 0 Å². The summed E-state index contributed by atoms with van der Waals surface area (Å²) in [6, 6.07) is 0. The summed E-state index contributed by atoms with van der Waals surface area (Å²) in [6.07, 6.45) is -11.3. The first kappa shape index (κ1) is 14.0. The lowest BCUT2D eigenvalue weighted by Crippen LogP contribution is -2.64. The number of aliphatic hydroxyl groups is 5. The number of phosphoric acid groups is 1. The van der Waals surface area contributed by atoms with Gasteiger partial charge in [-0.1, -0.05) is 0 Å². The van der Waals surface area contributed by atoms with Crippen molar-refractivity contribution in [3.63, 3.8) is 0 Å². The predicted molar refractivity (Wildman–Crippen MR) is 47.0 cm³/mol. The largest absolute Gasteiger partial charge is 0.470 e. The number of phosphoric ester groups is 1. The summed E-state index contributed by atoms with van der Waals surface area (Å²) in [7, 11) is -5.01. The molecule has 0 saturated heterocycles. The first-order chi connectivity index (χ1) is 7.15. The van der Waals surface area contributed by atoms with Crippen LogP contribution in [0.2, 0.25) is 0 Å². The fourth-order valence-electron chi connectivity index (χ4n) is 1.48. The van der Waals surface area contributed by atoms with Crippen molar-refractivity contribution in [2.75, 3.05) is 0 Å². The van der Waals surface area contributed by atoms with Gasteiger partial charge in [0, 0.05) is 0 Å². The molecule has 0 aromatic rings. The summed E-state index contributed by atoms with van der Waals surface area (Å²) in [6.45, 7) is 0. The Hall–Kier alpha value is -0.0900. The van der Waals surface area contributed by atoms with E-state index in [2.05, 4.69) is 4.52 Å². The van der Waals surface area contributed by atoms with E-state index in [9.17, 15) is 25.0 Å². The third-order valence-corrected chi connectivity index (χ3v) is 2.85. The highest BCUT2D eigenvalue weighted by Gasteiger charge is 2.50. The average molecular weight is 260 g/mol. The third-order valence-electron chi connectivity index (χ3n) is 2.33. The van der Waals surface area contributed by atoms with Gasteiger partial charge in [-0.3, -0.25) is 4.52 Å². The molecule has 0 aromatic carbocycles. The van der Waals surface area contributed by atoms with Crippen molar-refractivity contribution >= 4 is 7.82 Å². The number of aliphatic hydroxyl groups excluding tert-OH is 5. The summed E-state index contributed by atoms with van der Waals surface area (Å²) in [4.78, 5) is 17.0. The molecule has 6 atom stereocenters. The maximum absolute atomic E-state index is 10.5. The Balaban J connectivity index is 2.87. The molecular formula is C6H13O9P. The van der Waals surface area contributed by atoms with Crippen LogP contribution < -0.4 is 0 Å². The monoisotopic (exact) mass is 260 g/mol. The maximum Gasteiger partial charge on any atom is 0.470 e. The Bertz CT molecular complexity index is 274. The van der Waals surface area contributed by atoms with Crippen molar-refractivity contribution in [1.82, 2.24) is 0 Å². The van der Waals surface area contributed by atoms with Crippen LogP contribution in [0.25, 0.3) is 0 Å². The smallest absolute Gasteiger partial charge is 0.387 e. The first-order valence-corrected chi connectivity index (χ1v) is 5.82. The Kier molecular flexibility index (Phi) is 4.06. The van der Waals surface area contributed by atoms with Gasteiger partial charge in [0.25, 0.3) is 0 Å². The Morgan fingerprint density at radius 3 is 1.38 bits per heavy atom. The second-order valence-electron chi connectivity index (χ2n) is 3.51. The lowest BCUT2D eigenvalue weighted by Gasteiger charge is -2.41. The van der Waals surface area contributed by atoms with Crippen molar-refractivity contribution in [2.45, 2.75) is 36.6 Å².